The van der Waals surface area contributed by atoms with Gasteiger partial charge in [-0.15, -0.1) is 11.8 Å². The van der Waals surface area contributed by atoms with Gasteiger partial charge in [0.2, 0.25) is 0 Å². The zero-order chi connectivity index (χ0) is 20.8. The van der Waals surface area contributed by atoms with Crippen molar-refractivity contribution >= 4 is 34.3 Å². The van der Waals surface area contributed by atoms with Crippen LogP contribution in [0.4, 0.5) is 0 Å². The standard InChI is InChI=1S/C21H22N4O3S/c1-3-25-21(28)17-12-8-7-11-16(17)18(24-25)20(27)23-22-19(26)14(2)29-13-15-9-5-4-6-10-15/h4-12,14H,3,13H2,1-2H3,(H,22,26)(H,23,27)/t14-/m0/s1. The molecular formula is C21H22N4O3S. The van der Waals surface area contributed by atoms with Crippen LogP contribution in [0.15, 0.2) is 59.4 Å². The molecule has 0 unspecified atom stereocenters. The lowest BCUT2D eigenvalue weighted by Gasteiger charge is -2.14. The van der Waals surface area contributed by atoms with E-state index < -0.39 is 5.91 Å². The van der Waals surface area contributed by atoms with Crippen LogP contribution in [0.5, 0.6) is 0 Å². The predicted octanol–water partition coefficient (Wildman–Crippen LogP) is 2.50. The first kappa shape index (κ1) is 20.6. The zero-order valence-electron chi connectivity index (χ0n) is 16.2. The Kier molecular flexibility index (Phi) is 6.66. The van der Waals surface area contributed by atoms with Gasteiger partial charge >= 0.3 is 0 Å². The highest BCUT2D eigenvalue weighted by molar-refractivity contribution is 7.99. The fourth-order valence-electron chi connectivity index (χ4n) is 2.77. The number of rotatable bonds is 6. The maximum Gasteiger partial charge on any atom is 0.290 e. The highest BCUT2D eigenvalue weighted by Crippen LogP contribution is 2.17. The van der Waals surface area contributed by atoms with Gasteiger partial charge in [-0.3, -0.25) is 25.2 Å². The van der Waals surface area contributed by atoms with Crippen molar-refractivity contribution < 1.29 is 9.59 Å². The van der Waals surface area contributed by atoms with Gasteiger partial charge < -0.3 is 0 Å². The van der Waals surface area contributed by atoms with E-state index in [0.717, 1.165) is 5.56 Å². The number of aromatic nitrogens is 2. The molecular weight excluding hydrogens is 388 g/mol. The number of carbonyl (C=O) groups is 2. The number of fused-ring (bicyclic) bond motifs is 1. The summed E-state index contributed by atoms with van der Waals surface area (Å²) in [5.74, 6) is -0.193. The van der Waals surface area contributed by atoms with Gasteiger partial charge in [0.25, 0.3) is 17.4 Å². The Hall–Kier alpha value is -3.13. The monoisotopic (exact) mass is 410 g/mol. The summed E-state index contributed by atoms with van der Waals surface area (Å²) in [6.45, 7) is 3.89. The average molecular weight is 410 g/mol. The topological polar surface area (TPSA) is 93.1 Å². The number of thioether (sulfide) groups is 1. The number of aryl methyl sites for hydroxylation is 1. The predicted molar refractivity (Wildman–Crippen MR) is 114 cm³/mol. The molecule has 1 aromatic heterocycles. The Labute approximate surface area is 172 Å². The van der Waals surface area contributed by atoms with E-state index >= 15 is 0 Å². The average Bonchev–Trinajstić information content (AvgIpc) is 2.76. The first-order valence-corrected chi connectivity index (χ1v) is 10.3. The molecule has 2 amide bonds. The van der Waals surface area contributed by atoms with Crippen molar-refractivity contribution in [3.8, 4) is 0 Å². The molecule has 0 saturated heterocycles. The molecule has 0 aliphatic heterocycles. The molecule has 0 fully saturated rings. The van der Waals surface area contributed by atoms with Gasteiger partial charge in [-0.2, -0.15) is 5.10 Å². The molecule has 1 atom stereocenters. The third kappa shape index (κ3) is 4.83. The first-order chi connectivity index (χ1) is 14.0. The van der Waals surface area contributed by atoms with Crippen LogP contribution in [0, 0.1) is 0 Å². The molecule has 0 saturated carbocycles. The van der Waals surface area contributed by atoms with Crippen molar-refractivity contribution in [3.05, 3.63) is 76.2 Å². The molecule has 0 aliphatic carbocycles. The lowest BCUT2D eigenvalue weighted by atomic mass is 10.1. The minimum Gasteiger partial charge on any atom is -0.272 e. The zero-order valence-corrected chi connectivity index (χ0v) is 17.0. The molecule has 1 heterocycles. The van der Waals surface area contributed by atoms with E-state index in [4.69, 9.17) is 0 Å². The van der Waals surface area contributed by atoms with E-state index in [0.29, 0.717) is 23.1 Å². The minimum atomic E-state index is -0.572. The van der Waals surface area contributed by atoms with E-state index in [2.05, 4.69) is 16.0 Å². The van der Waals surface area contributed by atoms with Crippen molar-refractivity contribution in [3.63, 3.8) is 0 Å². The second-order valence-corrected chi connectivity index (χ2v) is 7.73. The summed E-state index contributed by atoms with van der Waals surface area (Å²) >= 11 is 1.47. The number of nitrogens with zero attached hydrogens (tertiary/aromatic N) is 2. The van der Waals surface area contributed by atoms with E-state index in [1.54, 1.807) is 38.1 Å². The van der Waals surface area contributed by atoms with Gasteiger partial charge in [0.1, 0.15) is 0 Å². The van der Waals surface area contributed by atoms with Crippen molar-refractivity contribution in [2.45, 2.75) is 31.4 Å². The highest BCUT2D eigenvalue weighted by Gasteiger charge is 2.18. The number of hydrogen-bond acceptors (Lipinski definition) is 5. The van der Waals surface area contributed by atoms with Gasteiger partial charge in [0, 0.05) is 17.7 Å². The quantitative estimate of drug-likeness (QED) is 0.609. The van der Waals surface area contributed by atoms with Crippen LogP contribution in [0.25, 0.3) is 10.8 Å². The molecule has 2 aromatic carbocycles. The summed E-state index contributed by atoms with van der Waals surface area (Å²) in [6.07, 6.45) is 0. The lowest BCUT2D eigenvalue weighted by Crippen LogP contribution is -2.45. The molecule has 150 valence electrons. The van der Waals surface area contributed by atoms with Crippen LogP contribution in [0.1, 0.15) is 29.9 Å². The van der Waals surface area contributed by atoms with Crippen molar-refractivity contribution in [1.82, 2.24) is 20.6 Å². The summed E-state index contributed by atoms with van der Waals surface area (Å²) < 4.78 is 1.23. The number of nitrogens with one attached hydrogen (secondary N) is 2. The first-order valence-electron chi connectivity index (χ1n) is 9.26. The molecule has 2 N–H and O–H groups in total. The summed E-state index contributed by atoms with van der Waals surface area (Å²) in [7, 11) is 0. The minimum absolute atomic E-state index is 0.0898. The van der Waals surface area contributed by atoms with Crippen LogP contribution in [0.2, 0.25) is 0 Å². The Balaban J connectivity index is 1.67. The number of carbonyl (C=O) groups excluding carboxylic acids is 2. The Morgan fingerprint density at radius 1 is 1.03 bits per heavy atom. The van der Waals surface area contributed by atoms with Gasteiger partial charge in [0.15, 0.2) is 5.69 Å². The summed E-state index contributed by atoms with van der Waals surface area (Å²) in [4.78, 5) is 37.3. The molecule has 0 aliphatic rings. The lowest BCUT2D eigenvalue weighted by molar-refractivity contribution is -0.121. The second kappa shape index (κ2) is 9.38. The van der Waals surface area contributed by atoms with Crippen LogP contribution in [0.3, 0.4) is 0 Å². The van der Waals surface area contributed by atoms with Crippen molar-refractivity contribution in [1.29, 1.82) is 0 Å². The highest BCUT2D eigenvalue weighted by atomic mass is 32.2. The van der Waals surface area contributed by atoms with E-state index in [9.17, 15) is 14.4 Å². The number of hydrazine groups is 1. The summed E-state index contributed by atoms with van der Waals surface area (Å²) in [5.41, 5.74) is 5.82. The fourth-order valence-corrected chi connectivity index (χ4v) is 3.61. The smallest absolute Gasteiger partial charge is 0.272 e. The molecule has 3 aromatic rings. The Morgan fingerprint density at radius 3 is 2.38 bits per heavy atom. The Morgan fingerprint density at radius 2 is 1.69 bits per heavy atom. The maximum atomic E-state index is 12.6. The largest absolute Gasteiger partial charge is 0.290 e. The molecule has 29 heavy (non-hydrogen) atoms. The van der Waals surface area contributed by atoms with Crippen LogP contribution >= 0.6 is 11.8 Å². The Bertz CT molecular complexity index is 1080. The van der Waals surface area contributed by atoms with Gasteiger partial charge in [0.05, 0.1) is 10.6 Å². The summed E-state index contributed by atoms with van der Waals surface area (Å²) in [6, 6.07) is 16.6. The van der Waals surface area contributed by atoms with Crippen LogP contribution < -0.4 is 16.4 Å². The second-order valence-electron chi connectivity index (χ2n) is 6.40. The fraction of sp³-hybridized carbons (Fsp3) is 0.238. The van der Waals surface area contributed by atoms with E-state index in [-0.39, 0.29) is 22.4 Å². The SMILES string of the molecule is CCn1nc(C(=O)NNC(=O)[C@H](C)SCc2ccccc2)c2ccccc2c1=O. The van der Waals surface area contributed by atoms with Gasteiger partial charge in [-0.25, -0.2) is 4.68 Å². The number of amides is 2. The normalized spacial score (nSPS) is 11.8. The number of benzene rings is 2. The van der Waals surface area contributed by atoms with Gasteiger partial charge in [-0.1, -0.05) is 48.5 Å². The molecule has 3 rings (SSSR count). The third-order valence-electron chi connectivity index (χ3n) is 4.39. The molecule has 7 nitrogen and oxygen atoms in total. The van der Waals surface area contributed by atoms with Gasteiger partial charge in [-0.05, 0) is 25.5 Å². The molecule has 0 bridgehead atoms. The number of hydrogen-bond donors (Lipinski definition) is 2. The van der Waals surface area contributed by atoms with Crippen LogP contribution in [-0.2, 0) is 17.1 Å². The van der Waals surface area contributed by atoms with Crippen molar-refractivity contribution in [2.75, 3.05) is 0 Å². The molecule has 0 spiro atoms. The maximum absolute atomic E-state index is 12.6. The van der Waals surface area contributed by atoms with Crippen molar-refractivity contribution in [2.24, 2.45) is 0 Å². The van der Waals surface area contributed by atoms with E-state index in [1.807, 2.05) is 30.3 Å². The molecule has 8 heteroatoms. The summed E-state index contributed by atoms with van der Waals surface area (Å²) in [5, 5.41) is 4.65. The van der Waals surface area contributed by atoms with Crippen LogP contribution in [-0.4, -0.2) is 26.8 Å². The molecule has 0 radical (unpaired) electrons. The van der Waals surface area contributed by atoms with E-state index in [1.165, 1.54) is 16.4 Å². The third-order valence-corrected chi connectivity index (χ3v) is 5.61.